The van der Waals surface area contributed by atoms with Gasteiger partial charge < -0.3 is 5.32 Å². The maximum absolute atomic E-state index is 5.50. The zero-order chi connectivity index (χ0) is 30.9. The number of hydrogen-bond donors (Lipinski definition) is 1. The number of benzene rings is 8. The summed E-state index contributed by atoms with van der Waals surface area (Å²) in [5, 5.41) is 16.3. The molecule has 10 rings (SSSR count). The Morgan fingerprint density at radius 1 is 0.468 bits per heavy atom. The van der Waals surface area contributed by atoms with E-state index in [4.69, 9.17) is 4.99 Å². The van der Waals surface area contributed by atoms with E-state index < -0.39 is 0 Å². The van der Waals surface area contributed by atoms with E-state index in [0.29, 0.717) is 0 Å². The molecular weight excluding hydrogens is 571 g/mol. The van der Waals surface area contributed by atoms with Crippen molar-refractivity contribution in [2.24, 2.45) is 4.99 Å². The van der Waals surface area contributed by atoms with Gasteiger partial charge in [0, 0.05) is 27.1 Å². The van der Waals surface area contributed by atoms with E-state index >= 15 is 0 Å². The zero-order valence-corrected chi connectivity index (χ0v) is 25.6. The first-order valence-corrected chi connectivity index (χ1v) is 16.2. The first kappa shape index (κ1) is 26.1. The van der Waals surface area contributed by atoms with Gasteiger partial charge in [0.15, 0.2) is 0 Å². The van der Waals surface area contributed by atoms with Gasteiger partial charge in [-0.3, -0.25) is 4.57 Å². The minimum atomic E-state index is -0.0681. The SMILES string of the molecule is C1=C(c2cccc3ccccc23)N=C(n2c3ccccc3c3c4c5ccccc5ccc4c4ccccc4c32)NC1c1ccccc1. The van der Waals surface area contributed by atoms with Gasteiger partial charge >= 0.3 is 0 Å². The quantitative estimate of drug-likeness (QED) is 0.197. The fourth-order valence-electron chi connectivity index (χ4n) is 7.73. The molecule has 0 saturated heterocycles. The summed E-state index contributed by atoms with van der Waals surface area (Å²) < 4.78 is 2.38. The summed E-state index contributed by atoms with van der Waals surface area (Å²) >= 11 is 0. The van der Waals surface area contributed by atoms with E-state index in [9.17, 15) is 0 Å². The topological polar surface area (TPSA) is 29.3 Å². The molecule has 0 saturated carbocycles. The van der Waals surface area contributed by atoms with E-state index in [1.807, 2.05) is 0 Å². The highest BCUT2D eigenvalue weighted by Crippen LogP contribution is 2.44. The average Bonchev–Trinajstić information content (AvgIpc) is 3.50. The molecule has 8 aromatic carbocycles. The van der Waals surface area contributed by atoms with Crippen molar-refractivity contribution in [2.75, 3.05) is 0 Å². The number of para-hydroxylation sites is 1. The summed E-state index contributed by atoms with van der Waals surface area (Å²) in [7, 11) is 0. The van der Waals surface area contributed by atoms with Gasteiger partial charge in [0.2, 0.25) is 5.96 Å². The summed E-state index contributed by atoms with van der Waals surface area (Å²) in [4.78, 5) is 5.50. The third kappa shape index (κ3) is 3.90. The Balaban J connectivity index is 1.36. The normalized spacial score (nSPS) is 15.0. The van der Waals surface area contributed by atoms with Crippen molar-refractivity contribution in [3.63, 3.8) is 0 Å². The van der Waals surface area contributed by atoms with Crippen molar-refractivity contribution in [1.29, 1.82) is 0 Å². The molecule has 3 heteroatoms. The zero-order valence-electron chi connectivity index (χ0n) is 25.6. The molecule has 47 heavy (non-hydrogen) atoms. The Bertz CT molecular complexity index is 2760. The largest absolute Gasteiger partial charge is 0.345 e. The van der Waals surface area contributed by atoms with E-state index in [1.54, 1.807) is 0 Å². The number of aliphatic imine (C=N–C) groups is 1. The van der Waals surface area contributed by atoms with Gasteiger partial charge in [-0.1, -0.05) is 152 Å². The molecule has 0 bridgehead atoms. The maximum atomic E-state index is 5.50. The molecule has 2 heterocycles. The number of fused-ring (bicyclic) bond motifs is 11. The van der Waals surface area contributed by atoms with Crippen LogP contribution in [-0.4, -0.2) is 10.5 Å². The van der Waals surface area contributed by atoms with Crippen LogP contribution in [0.25, 0.3) is 70.6 Å². The fraction of sp³-hybridized carbons (Fsp3) is 0.0227. The van der Waals surface area contributed by atoms with Crippen LogP contribution < -0.4 is 5.32 Å². The monoisotopic (exact) mass is 599 g/mol. The van der Waals surface area contributed by atoms with E-state index in [1.165, 1.54) is 64.9 Å². The minimum Gasteiger partial charge on any atom is -0.345 e. The lowest BCUT2D eigenvalue weighted by Crippen LogP contribution is -2.35. The first-order valence-electron chi connectivity index (χ1n) is 16.2. The molecule has 3 nitrogen and oxygen atoms in total. The van der Waals surface area contributed by atoms with Crippen LogP contribution in [0.4, 0.5) is 0 Å². The van der Waals surface area contributed by atoms with E-state index in [0.717, 1.165) is 22.7 Å². The number of aromatic nitrogens is 1. The Hall–Kier alpha value is -6.19. The average molecular weight is 600 g/mol. The molecule has 0 amide bonds. The molecule has 1 atom stereocenters. The van der Waals surface area contributed by atoms with Crippen molar-refractivity contribution >= 4 is 76.6 Å². The smallest absolute Gasteiger partial charge is 0.209 e. The predicted octanol–water partition coefficient (Wildman–Crippen LogP) is 11.0. The van der Waals surface area contributed by atoms with Crippen LogP contribution >= 0.6 is 0 Å². The molecule has 0 spiro atoms. The van der Waals surface area contributed by atoms with Crippen LogP contribution in [0.5, 0.6) is 0 Å². The lowest BCUT2D eigenvalue weighted by atomic mass is 9.93. The summed E-state index contributed by atoms with van der Waals surface area (Å²) in [6, 6.07) is 56.7. The summed E-state index contributed by atoms with van der Waals surface area (Å²) in [5.74, 6) is 0.820. The molecule has 9 aromatic rings. The van der Waals surface area contributed by atoms with Gasteiger partial charge in [-0.2, -0.15) is 0 Å². The third-order valence-corrected chi connectivity index (χ3v) is 9.80. The predicted molar refractivity (Wildman–Crippen MR) is 199 cm³/mol. The Labute approximate surface area is 271 Å². The third-order valence-electron chi connectivity index (χ3n) is 9.80. The molecule has 1 aliphatic heterocycles. The highest BCUT2D eigenvalue weighted by atomic mass is 15.2. The number of nitrogens with zero attached hydrogens (tertiary/aromatic N) is 2. The van der Waals surface area contributed by atoms with Crippen LogP contribution in [0.3, 0.4) is 0 Å². The molecule has 220 valence electrons. The Morgan fingerprint density at radius 2 is 1.11 bits per heavy atom. The number of hydrogen-bond acceptors (Lipinski definition) is 2. The molecule has 1 aromatic heterocycles. The highest BCUT2D eigenvalue weighted by Gasteiger charge is 2.26. The molecule has 1 N–H and O–H groups in total. The van der Waals surface area contributed by atoms with Gasteiger partial charge in [0.25, 0.3) is 0 Å². The van der Waals surface area contributed by atoms with Gasteiger partial charge in [0.1, 0.15) is 0 Å². The fourth-order valence-corrected chi connectivity index (χ4v) is 7.73. The van der Waals surface area contributed by atoms with Crippen LogP contribution in [0.1, 0.15) is 17.2 Å². The van der Waals surface area contributed by atoms with Crippen molar-refractivity contribution in [3.8, 4) is 0 Å². The van der Waals surface area contributed by atoms with Crippen molar-refractivity contribution in [2.45, 2.75) is 6.04 Å². The van der Waals surface area contributed by atoms with Gasteiger partial charge in [0.05, 0.1) is 22.8 Å². The second-order valence-electron chi connectivity index (χ2n) is 12.4. The number of rotatable bonds is 2. The number of nitrogens with one attached hydrogen (secondary N) is 1. The minimum absolute atomic E-state index is 0.0681. The summed E-state index contributed by atoms with van der Waals surface area (Å²) in [5.41, 5.74) is 5.59. The van der Waals surface area contributed by atoms with E-state index in [2.05, 4.69) is 174 Å². The Morgan fingerprint density at radius 3 is 1.94 bits per heavy atom. The van der Waals surface area contributed by atoms with Crippen molar-refractivity contribution in [1.82, 2.24) is 9.88 Å². The van der Waals surface area contributed by atoms with Crippen LogP contribution in [0, 0.1) is 0 Å². The lowest BCUT2D eigenvalue weighted by molar-refractivity contribution is 0.761. The lowest BCUT2D eigenvalue weighted by Gasteiger charge is -2.26. The second-order valence-corrected chi connectivity index (χ2v) is 12.4. The molecular formula is C44H29N3. The molecule has 0 fully saturated rings. The van der Waals surface area contributed by atoms with Gasteiger partial charge in [-0.05, 0) is 50.0 Å². The van der Waals surface area contributed by atoms with Crippen molar-refractivity contribution in [3.05, 3.63) is 175 Å². The van der Waals surface area contributed by atoms with Crippen LogP contribution in [0.15, 0.2) is 169 Å². The van der Waals surface area contributed by atoms with Crippen LogP contribution in [0.2, 0.25) is 0 Å². The second kappa shape index (κ2) is 10.2. The van der Waals surface area contributed by atoms with Gasteiger partial charge in [-0.15, -0.1) is 0 Å². The summed E-state index contributed by atoms with van der Waals surface area (Å²) in [6.45, 7) is 0. The molecule has 1 aliphatic rings. The highest BCUT2D eigenvalue weighted by molar-refractivity contribution is 6.37. The first-order chi connectivity index (χ1) is 23.3. The summed E-state index contributed by atoms with van der Waals surface area (Å²) in [6.07, 6.45) is 2.27. The Kier molecular flexibility index (Phi) is 5.64. The maximum Gasteiger partial charge on any atom is 0.209 e. The van der Waals surface area contributed by atoms with Gasteiger partial charge in [-0.25, -0.2) is 4.99 Å². The standard InChI is InChI=1S/C44H29N3/c1-2-15-30(16-3-1)38-27-39(34-23-12-17-28-13-4-6-18-31(28)34)46-44(45-38)47-40-24-11-10-22-37(40)42-41-32-19-7-5-14-29(32)25-26-35(41)33-20-8-9-21-36(33)43(42)47/h1-27,38H,(H,45,46). The molecule has 0 aliphatic carbocycles. The molecule has 0 radical (unpaired) electrons. The van der Waals surface area contributed by atoms with Crippen LogP contribution in [-0.2, 0) is 0 Å². The van der Waals surface area contributed by atoms with E-state index in [-0.39, 0.29) is 6.04 Å². The van der Waals surface area contributed by atoms with Crippen molar-refractivity contribution < 1.29 is 0 Å². The molecule has 1 unspecified atom stereocenters.